The Kier molecular flexibility index (Phi) is 4.53. The second-order valence-corrected chi connectivity index (χ2v) is 4.14. The molecule has 4 N–H and O–H groups in total. The summed E-state index contributed by atoms with van der Waals surface area (Å²) in [6.45, 7) is 0.0901. The van der Waals surface area contributed by atoms with Gasteiger partial charge in [-0.1, -0.05) is 15.9 Å². The molecule has 1 rings (SSSR count). The van der Waals surface area contributed by atoms with Gasteiger partial charge in [-0.3, -0.25) is 0 Å². The quantitative estimate of drug-likeness (QED) is 0.774. The molecule has 84 valence electrons. The summed E-state index contributed by atoms with van der Waals surface area (Å²) in [7, 11) is 1.55. The van der Waals surface area contributed by atoms with Gasteiger partial charge in [0.15, 0.2) is 0 Å². The zero-order valence-corrected chi connectivity index (χ0v) is 9.99. The number of aliphatic hydroxyl groups is 1. The van der Waals surface area contributed by atoms with Crippen LogP contribution in [0.1, 0.15) is 17.2 Å². The van der Waals surface area contributed by atoms with Crippen molar-refractivity contribution in [2.75, 3.05) is 13.7 Å². The minimum absolute atomic E-state index is 0.0848. The van der Waals surface area contributed by atoms with Crippen molar-refractivity contribution in [2.45, 2.75) is 12.6 Å². The second kappa shape index (κ2) is 5.46. The maximum absolute atomic E-state index is 9.85. The van der Waals surface area contributed by atoms with Crippen LogP contribution in [0.4, 0.5) is 0 Å². The van der Waals surface area contributed by atoms with E-state index in [9.17, 15) is 5.11 Å². The molecule has 0 bridgehead atoms. The zero-order valence-electron chi connectivity index (χ0n) is 8.40. The summed E-state index contributed by atoms with van der Waals surface area (Å²) in [6.07, 6.45) is 0. The number of benzene rings is 1. The highest BCUT2D eigenvalue weighted by Gasteiger charge is 2.14. The number of phenols is 1. The molecule has 0 radical (unpaired) electrons. The summed E-state index contributed by atoms with van der Waals surface area (Å²) < 4.78 is 5.75. The number of nitrogens with two attached hydrogens (primary N) is 1. The van der Waals surface area contributed by atoms with E-state index >= 15 is 0 Å². The van der Waals surface area contributed by atoms with Gasteiger partial charge in [0.05, 0.1) is 19.3 Å². The first kappa shape index (κ1) is 12.4. The number of halogens is 1. The van der Waals surface area contributed by atoms with Crippen molar-refractivity contribution in [3.8, 4) is 5.75 Å². The Morgan fingerprint density at radius 2 is 2.20 bits per heavy atom. The summed E-state index contributed by atoms with van der Waals surface area (Å²) in [5.74, 6) is 0.0848. The van der Waals surface area contributed by atoms with Gasteiger partial charge in [0.2, 0.25) is 0 Å². The molecule has 0 heterocycles. The fourth-order valence-electron chi connectivity index (χ4n) is 1.33. The Labute approximate surface area is 96.8 Å². The Balaban J connectivity index is 3.15. The Morgan fingerprint density at radius 3 is 2.73 bits per heavy atom. The standard InChI is InChI=1S/C10H14BrNO3/c1-15-5-6-2-7(11)3-8(10(6)14)9(12)4-13/h2-3,9,13-14H,4-5,12H2,1H3. The van der Waals surface area contributed by atoms with Gasteiger partial charge in [0.25, 0.3) is 0 Å². The normalized spacial score (nSPS) is 12.8. The van der Waals surface area contributed by atoms with Crippen LogP contribution in [0.5, 0.6) is 5.75 Å². The van der Waals surface area contributed by atoms with Crippen LogP contribution in [0.25, 0.3) is 0 Å². The zero-order chi connectivity index (χ0) is 11.4. The van der Waals surface area contributed by atoms with Gasteiger partial charge in [-0.15, -0.1) is 0 Å². The van der Waals surface area contributed by atoms with Gasteiger partial charge < -0.3 is 20.7 Å². The number of aromatic hydroxyl groups is 1. The van der Waals surface area contributed by atoms with Crippen LogP contribution in [-0.4, -0.2) is 23.9 Å². The minimum Gasteiger partial charge on any atom is -0.507 e. The number of aliphatic hydroxyl groups excluding tert-OH is 1. The van der Waals surface area contributed by atoms with Gasteiger partial charge in [-0.05, 0) is 12.1 Å². The van der Waals surface area contributed by atoms with Gasteiger partial charge >= 0.3 is 0 Å². The molecule has 0 amide bonds. The number of hydrogen-bond acceptors (Lipinski definition) is 4. The van der Waals surface area contributed by atoms with Crippen molar-refractivity contribution < 1.29 is 14.9 Å². The molecule has 1 unspecified atom stereocenters. The van der Waals surface area contributed by atoms with Crippen molar-refractivity contribution in [2.24, 2.45) is 5.73 Å². The molecule has 0 fully saturated rings. The molecule has 0 aliphatic rings. The SMILES string of the molecule is COCc1cc(Br)cc(C(N)CO)c1O. The van der Waals surface area contributed by atoms with Crippen molar-refractivity contribution in [1.29, 1.82) is 0 Å². The molecule has 0 spiro atoms. The molecule has 0 aromatic heterocycles. The molecule has 1 atom stereocenters. The fourth-order valence-corrected chi connectivity index (χ4v) is 1.85. The van der Waals surface area contributed by atoms with Gasteiger partial charge in [0.1, 0.15) is 5.75 Å². The van der Waals surface area contributed by atoms with Crippen LogP contribution in [-0.2, 0) is 11.3 Å². The first-order chi connectivity index (χ1) is 7.10. The minimum atomic E-state index is -0.585. The van der Waals surface area contributed by atoms with E-state index in [0.717, 1.165) is 4.47 Å². The highest BCUT2D eigenvalue weighted by Crippen LogP contribution is 2.31. The predicted molar refractivity (Wildman–Crippen MR) is 60.5 cm³/mol. The van der Waals surface area contributed by atoms with E-state index in [2.05, 4.69) is 15.9 Å². The maximum atomic E-state index is 9.85. The Morgan fingerprint density at radius 1 is 1.53 bits per heavy atom. The lowest BCUT2D eigenvalue weighted by atomic mass is 10.0. The smallest absolute Gasteiger partial charge is 0.126 e. The summed E-state index contributed by atoms with van der Waals surface area (Å²) >= 11 is 3.31. The summed E-state index contributed by atoms with van der Waals surface area (Å²) in [5.41, 5.74) is 6.81. The summed E-state index contributed by atoms with van der Waals surface area (Å²) in [6, 6.07) is 2.86. The molecule has 0 saturated heterocycles. The van der Waals surface area contributed by atoms with Crippen LogP contribution >= 0.6 is 15.9 Å². The van der Waals surface area contributed by atoms with Crippen LogP contribution in [0.3, 0.4) is 0 Å². The molecule has 5 heteroatoms. The molecule has 0 saturated carbocycles. The van der Waals surface area contributed by atoms with Crippen LogP contribution < -0.4 is 5.73 Å². The van der Waals surface area contributed by atoms with E-state index in [-0.39, 0.29) is 12.4 Å². The van der Waals surface area contributed by atoms with Crippen molar-refractivity contribution in [3.63, 3.8) is 0 Å². The van der Waals surface area contributed by atoms with Crippen molar-refractivity contribution >= 4 is 15.9 Å². The molecule has 4 nitrogen and oxygen atoms in total. The van der Waals surface area contributed by atoms with E-state index in [1.165, 1.54) is 0 Å². The first-order valence-electron chi connectivity index (χ1n) is 4.46. The van der Waals surface area contributed by atoms with E-state index < -0.39 is 6.04 Å². The van der Waals surface area contributed by atoms with Crippen molar-refractivity contribution in [1.82, 2.24) is 0 Å². The van der Waals surface area contributed by atoms with E-state index in [0.29, 0.717) is 17.7 Å². The molecule has 1 aromatic rings. The molecule has 0 aliphatic carbocycles. The fraction of sp³-hybridized carbons (Fsp3) is 0.400. The van der Waals surface area contributed by atoms with E-state index in [4.69, 9.17) is 15.6 Å². The van der Waals surface area contributed by atoms with Gasteiger partial charge in [-0.2, -0.15) is 0 Å². The molecule has 1 aromatic carbocycles. The lowest BCUT2D eigenvalue weighted by Gasteiger charge is -2.14. The average Bonchev–Trinajstić information content (AvgIpc) is 2.22. The number of phenolic OH excluding ortho intramolecular Hbond substituents is 1. The first-order valence-corrected chi connectivity index (χ1v) is 5.26. The highest BCUT2D eigenvalue weighted by molar-refractivity contribution is 9.10. The third-order valence-corrected chi connectivity index (χ3v) is 2.54. The van der Waals surface area contributed by atoms with Crippen LogP contribution in [0.2, 0.25) is 0 Å². The summed E-state index contributed by atoms with van der Waals surface area (Å²) in [5, 5.41) is 18.8. The average molecular weight is 276 g/mol. The molecule has 0 aliphatic heterocycles. The van der Waals surface area contributed by atoms with Gasteiger partial charge in [-0.25, -0.2) is 0 Å². The number of hydrogen-bond donors (Lipinski definition) is 3. The van der Waals surface area contributed by atoms with Crippen LogP contribution in [0, 0.1) is 0 Å². The summed E-state index contributed by atoms with van der Waals surface area (Å²) in [4.78, 5) is 0. The topological polar surface area (TPSA) is 75.7 Å². The monoisotopic (exact) mass is 275 g/mol. The lowest BCUT2D eigenvalue weighted by Crippen LogP contribution is -2.15. The highest BCUT2D eigenvalue weighted by atomic mass is 79.9. The molecule has 15 heavy (non-hydrogen) atoms. The number of rotatable bonds is 4. The van der Waals surface area contributed by atoms with Gasteiger partial charge in [0, 0.05) is 22.7 Å². The predicted octanol–water partition coefficient (Wildman–Crippen LogP) is 1.29. The number of ether oxygens (including phenoxy) is 1. The van der Waals surface area contributed by atoms with E-state index in [1.807, 2.05) is 0 Å². The maximum Gasteiger partial charge on any atom is 0.126 e. The third-order valence-electron chi connectivity index (χ3n) is 2.08. The lowest BCUT2D eigenvalue weighted by molar-refractivity contribution is 0.181. The van der Waals surface area contributed by atoms with Crippen LogP contribution in [0.15, 0.2) is 16.6 Å². The van der Waals surface area contributed by atoms with E-state index in [1.54, 1.807) is 19.2 Å². The molecular formula is C10H14BrNO3. The number of methoxy groups -OCH3 is 1. The van der Waals surface area contributed by atoms with Crippen molar-refractivity contribution in [3.05, 3.63) is 27.7 Å². The molecular weight excluding hydrogens is 262 g/mol. The Hall–Kier alpha value is -0.620. The largest absolute Gasteiger partial charge is 0.507 e. The Bertz CT molecular complexity index is 344. The third kappa shape index (κ3) is 2.92. The second-order valence-electron chi connectivity index (χ2n) is 3.22.